The van der Waals surface area contributed by atoms with Crippen LogP contribution in [-0.2, 0) is 6.42 Å². The molecule has 2 N–H and O–H groups in total. The van der Waals surface area contributed by atoms with Crippen LogP contribution < -0.4 is 5.73 Å². The van der Waals surface area contributed by atoms with Crippen molar-refractivity contribution in [3.63, 3.8) is 0 Å². The standard InChI is InChI=1S/C14H11Cl3FN/c15-9-5-4-8(11(16)7-9)6-13(19)10-2-1-3-12(18)14(10)17/h1-5,7,13H,6,19H2. The molecule has 0 saturated carbocycles. The van der Waals surface area contributed by atoms with E-state index in [1.54, 1.807) is 30.3 Å². The Bertz CT molecular complexity index is 601. The highest BCUT2D eigenvalue weighted by Gasteiger charge is 2.15. The van der Waals surface area contributed by atoms with Crippen LogP contribution in [0.5, 0.6) is 0 Å². The lowest BCUT2D eigenvalue weighted by Crippen LogP contribution is -2.14. The van der Waals surface area contributed by atoms with E-state index in [4.69, 9.17) is 40.5 Å². The van der Waals surface area contributed by atoms with Gasteiger partial charge in [-0.1, -0.05) is 53.0 Å². The van der Waals surface area contributed by atoms with Crippen molar-refractivity contribution in [3.8, 4) is 0 Å². The van der Waals surface area contributed by atoms with Crippen molar-refractivity contribution < 1.29 is 4.39 Å². The van der Waals surface area contributed by atoms with Crippen LogP contribution in [0.1, 0.15) is 17.2 Å². The molecule has 0 radical (unpaired) electrons. The second kappa shape index (κ2) is 6.10. The zero-order valence-corrected chi connectivity index (χ0v) is 12.1. The van der Waals surface area contributed by atoms with Crippen LogP contribution in [0.15, 0.2) is 36.4 Å². The van der Waals surface area contributed by atoms with Gasteiger partial charge in [-0.25, -0.2) is 4.39 Å². The van der Waals surface area contributed by atoms with Gasteiger partial charge < -0.3 is 5.73 Å². The van der Waals surface area contributed by atoms with Crippen LogP contribution in [0.3, 0.4) is 0 Å². The Morgan fingerprint density at radius 2 is 1.84 bits per heavy atom. The maximum atomic E-state index is 13.4. The van der Waals surface area contributed by atoms with E-state index in [0.717, 1.165) is 5.56 Å². The summed E-state index contributed by atoms with van der Waals surface area (Å²) in [6.45, 7) is 0. The molecule has 0 fully saturated rings. The van der Waals surface area contributed by atoms with Gasteiger partial charge in [-0.3, -0.25) is 0 Å². The van der Waals surface area contributed by atoms with Gasteiger partial charge in [-0.2, -0.15) is 0 Å². The fourth-order valence-electron chi connectivity index (χ4n) is 1.84. The molecule has 19 heavy (non-hydrogen) atoms. The SMILES string of the molecule is NC(Cc1ccc(Cl)cc1Cl)c1cccc(F)c1Cl. The maximum Gasteiger partial charge on any atom is 0.142 e. The van der Waals surface area contributed by atoms with E-state index < -0.39 is 11.9 Å². The second-order valence-corrected chi connectivity index (χ2v) is 5.41. The molecule has 1 atom stereocenters. The summed E-state index contributed by atoms with van der Waals surface area (Å²) in [5.41, 5.74) is 7.47. The first-order valence-electron chi connectivity index (χ1n) is 5.62. The van der Waals surface area contributed by atoms with Crippen molar-refractivity contribution in [2.24, 2.45) is 5.73 Å². The Morgan fingerprint density at radius 1 is 1.11 bits per heavy atom. The topological polar surface area (TPSA) is 26.0 Å². The minimum absolute atomic E-state index is 0.0556. The molecular formula is C14H11Cl3FN. The third kappa shape index (κ3) is 3.40. The lowest BCUT2D eigenvalue weighted by atomic mass is 9.99. The van der Waals surface area contributed by atoms with Crippen molar-refractivity contribution in [3.05, 3.63) is 68.4 Å². The van der Waals surface area contributed by atoms with E-state index in [9.17, 15) is 4.39 Å². The van der Waals surface area contributed by atoms with Crippen LogP contribution in [-0.4, -0.2) is 0 Å². The summed E-state index contributed by atoms with van der Waals surface area (Å²) in [6, 6.07) is 9.36. The average Bonchev–Trinajstić information content (AvgIpc) is 2.36. The van der Waals surface area contributed by atoms with Crippen LogP contribution in [0.25, 0.3) is 0 Å². The molecule has 0 aliphatic carbocycles. The smallest absolute Gasteiger partial charge is 0.142 e. The fourth-order valence-corrected chi connectivity index (χ4v) is 2.59. The number of benzene rings is 2. The number of hydrogen-bond donors (Lipinski definition) is 1. The van der Waals surface area contributed by atoms with Gasteiger partial charge >= 0.3 is 0 Å². The summed E-state index contributed by atoms with van der Waals surface area (Å²) in [7, 11) is 0. The van der Waals surface area contributed by atoms with E-state index in [0.29, 0.717) is 22.0 Å². The number of rotatable bonds is 3. The monoisotopic (exact) mass is 317 g/mol. The largest absolute Gasteiger partial charge is 0.324 e. The third-order valence-electron chi connectivity index (χ3n) is 2.84. The number of hydrogen-bond acceptors (Lipinski definition) is 1. The van der Waals surface area contributed by atoms with E-state index >= 15 is 0 Å². The third-order valence-corrected chi connectivity index (χ3v) is 3.82. The molecule has 1 nitrogen and oxygen atoms in total. The molecule has 2 aromatic rings. The fraction of sp³-hybridized carbons (Fsp3) is 0.143. The van der Waals surface area contributed by atoms with Crippen molar-refractivity contribution in [1.82, 2.24) is 0 Å². The normalized spacial score (nSPS) is 12.5. The van der Waals surface area contributed by atoms with E-state index in [-0.39, 0.29) is 5.02 Å². The Morgan fingerprint density at radius 3 is 2.53 bits per heavy atom. The van der Waals surface area contributed by atoms with Gasteiger partial charge in [0.25, 0.3) is 0 Å². The molecule has 0 aromatic heterocycles. The molecule has 0 saturated heterocycles. The molecule has 0 heterocycles. The number of nitrogens with two attached hydrogens (primary N) is 1. The summed E-state index contributed by atoms with van der Waals surface area (Å²) < 4.78 is 13.4. The summed E-state index contributed by atoms with van der Waals surface area (Å²) in [6.07, 6.45) is 0.458. The van der Waals surface area contributed by atoms with Gasteiger partial charge in [0.15, 0.2) is 0 Å². The second-order valence-electron chi connectivity index (χ2n) is 4.19. The molecule has 0 spiro atoms. The molecule has 2 aromatic carbocycles. The maximum absolute atomic E-state index is 13.4. The molecule has 0 aliphatic rings. The van der Waals surface area contributed by atoms with E-state index in [2.05, 4.69) is 0 Å². The quantitative estimate of drug-likeness (QED) is 0.844. The first-order chi connectivity index (χ1) is 8.99. The minimum Gasteiger partial charge on any atom is -0.324 e. The average molecular weight is 319 g/mol. The van der Waals surface area contributed by atoms with Gasteiger partial charge in [0.1, 0.15) is 5.82 Å². The summed E-state index contributed by atoms with van der Waals surface area (Å²) in [5.74, 6) is -0.475. The lowest BCUT2D eigenvalue weighted by molar-refractivity contribution is 0.619. The van der Waals surface area contributed by atoms with Gasteiger partial charge in [0.05, 0.1) is 5.02 Å². The molecular weight excluding hydrogens is 308 g/mol. The minimum atomic E-state index is -0.475. The molecule has 2 rings (SSSR count). The van der Waals surface area contributed by atoms with Crippen molar-refractivity contribution in [2.75, 3.05) is 0 Å². The Labute approximate surface area is 126 Å². The van der Waals surface area contributed by atoms with Crippen molar-refractivity contribution >= 4 is 34.8 Å². The van der Waals surface area contributed by atoms with E-state index in [1.165, 1.54) is 6.07 Å². The summed E-state index contributed by atoms with van der Waals surface area (Å²) in [4.78, 5) is 0. The van der Waals surface area contributed by atoms with Gasteiger partial charge in [0, 0.05) is 16.1 Å². The summed E-state index contributed by atoms with van der Waals surface area (Å²) in [5, 5.41) is 1.15. The number of halogens is 4. The highest BCUT2D eigenvalue weighted by molar-refractivity contribution is 6.35. The zero-order valence-electron chi connectivity index (χ0n) is 9.84. The molecule has 1 unspecified atom stereocenters. The van der Waals surface area contributed by atoms with Crippen LogP contribution in [0.2, 0.25) is 15.1 Å². The lowest BCUT2D eigenvalue weighted by Gasteiger charge is -2.15. The zero-order chi connectivity index (χ0) is 14.0. The van der Waals surface area contributed by atoms with Crippen LogP contribution in [0, 0.1) is 5.82 Å². The van der Waals surface area contributed by atoms with Crippen LogP contribution >= 0.6 is 34.8 Å². The van der Waals surface area contributed by atoms with Gasteiger partial charge in [-0.05, 0) is 35.7 Å². The molecule has 0 aliphatic heterocycles. The Hall–Kier alpha value is -0.800. The molecule has 5 heteroatoms. The Balaban J connectivity index is 2.25. The first-order valence-corrected chi connectivity index (χ1v) is 6.76. The highest BCUT2D eigenvalue weighted by atomic mass is 35.5. The molecule has 100 valence electrons. The predicted molar refractivity (Wildman–Crippen MR) is 78.5 cm³/mol. The highest BCUT2D eigenvalue weighted by Crippen LogP contribution is 2.29. The van der Waals surface area contributed by atoms with Crippen molar-refractivity contribution in [1.29, 1.82) is 0 Å². The Kier molecular flexibility index (Phi) is 4.69. The first kappa shape index (κ1) is 14.6. The molecule has 0 bridgehead atoms. The van der Waals surface area contributed by atoms with Crippen molar-refractivity contribution in [2.45, 2.75) is 12.5 Å². The van der Waals surface area contributed by atoms with Gasteiger partial charge in [-0.15, -0.1) is 0 Å². The van der Waals surface area contributed by atoms with Crippen LogP contribution in [0.4, 0.5) is 4.39 Å². The van der Waals surface area contributed by atoms with Gasteiger partial charge in [0.2, 0.25) is 0 Å². The van der Waals surface area contributed by atoms with E-state index in [1.807, 2.05) is 0 Å². The molecule has 0 amide bonds. The summed E-state index contributed by atoms with van der Waals surface area (Å²) >= 11 is 17.8. The predicted octanol–water partition coefficient (Wildman–Crippen LogP) is 5.03.